The van der Waals surface area contributed by atoms with Gasteiger partial charge in [-0.15, -0.1) is 23.5 Å². The number of anilines is 1. The summed E-state index contributed by atoms with van der Waals surface area (Å²) < 4.78 is 24.4. The van der Waals surface area contributed by atoms with Gasteiger partial charge < -0.3 is 14.4 Å². The van der Waals surface area contributed by atoms with Gasteiger partial charge in [-0.25, -0.2) is 9.18 Å². The number of hydrogen-bond donors (Lipinski definition) is 0. The Balaban J connectivity index is 1.48. The molecular formula is C30H30FNO5S2. The van der Waals surface area contributed by atoms with E-state index in [-0.39, 0.29) is 30.1 Å². The number of rotatable bonds is 10. The van der Waals surface area contributed by atoms with Crippen molar-refractivity contribution < 1.29 is 28.2 Å². The minimum Gasteiger partial charge on any atom is -0.482 e. The van der Waals surface area contributed by atoms with Crippen LogP contribution < -0.4 is 9.64 Å². The van der Waals surface area contributed by atoms with Crippen LogP contribution in [0.5, 0.6) is 5.75 Å². The first-order valence-corrected chi connectivity index (χ1v) is 14.6. The van der Waals surface area contributed by atoms with Crippen molar-refractivity contribution in [2.45, 2.75) is 42.6 Å². The average molecular weight is 568 g/mol. The molecule has 0 bridgehead atoms. The van der Waals surface area contributed by atoms with E-state index in [0.29, 0.717) is 17.0 Å². The van der Waals surface area contributed by atoms with Crippen LogP contribution in [0.4, 0.5) is 10.1 Å². The molecule has 1 aliphatic rings. The van der Waals surface area contributed by atoms with Gasteiger partial charge >= 0.3 is 5.97 Å². The van der Waals surface area contributed by atoms with Crippen molar-refractivity contribution >= 4 is 46.9 Å². The van der Waals surface area contributed by atoms with Gasteiger partial charge in [0.05, 0.1) is 11.8 Å². The number of esters is 1. The van der Waals surface area contributed by atoms with Crippen LogP contribution in [-0.2, 0) is 14.3 Å². The fraction of sp³-hybridized carbons (Fsp3) is 0.300. The first kappa shape index (κ1) is 28.7. The molecule has 1 saturated heterocycles. The van der Waals surface area contributed by atoms with E-state index in [4.69, 9.17) is 9.47 Å². The van der Waals surface area contributed by atoms with Crippen molar-refractivity contribution in [1.29, 1.82) is 0 Å². The van der Waals surface area contributed by atoms with E-state index in [0.717, 1.165) is 10.5 Å². The average Bonchev–Trinajstić information content (AvgIpc) is 2.91. The first-order valence-electron chi connectivity index (χ1n) is 12.4. The summed E-state index contributed by atoms with van der Waals surface area (Å²) in [6, 6.07) is 19.9. The largest absolute Gasteiger partial charge is 0.482 e. The van der Waals surface area contributed by atoms with Crippen molar-refractivity contribution in [3.8, 4) is 5.75 Å². The molecule has 39 heavy (non-hydrogen) atoms. The van der Waals surface area contributed by atoms with Crippen molar-refractivity contribution in [3.63, 3.8) is 0 Å². The molecule has 1 heterocycles. The first-order chi connectivity index (χ1) is 18.6. The zero-order chi connectivity index (χ0) is 28.2. The minimum atomic E-state index is -0.600. The number of carbonyl (C=O) groups is 3. The van der Waals surface area contributed by atoms with Gasteiger partial charge in [0.25, 0.3) is 0 Å². The van der Waals surface area contributed by atoms with E-state index in [2.05, 4.69) is 0 Å². The Morgan fingerprint density at radius 2 is 1.59 bits per heavy atom. The van der Waals surface area contributed by atoms with Crippen LogP contribution in [0.25, 0.3) is 0 Å². The maximum Gasteiger partial charge on any atom is 0.344 e. The molecule has 9 heteroatoms. The van der Waals surface area contributed by atoms with E-state index in [1.165, 1.54) is 23.9 Å². The predicted octanol–water partition coefficient (Wildman–Crippen LogP) is 6.34. The number of β-lactam (4-membered cyclic amide) rings is 1. The van der Waals surface area contributed by atoms with Gasteiger partial charge in [-0.2, -0.15) is 0 Å². The molecule has 0 N–H and O–H groups in total. The van der Waals surface area contributed by atoms with Crippen molar-refractivity contribution in [2.24, 2.45) is 0 Å². The molecule has 0 spiro atoms. The van der Waals surface area contributed by atoms with Gasteiger partial charge in [-0.3, -0.25) is 9.59 Å². The molecule has 0 aromatic heterocycles. The van der Waals surface area contributed by atoms with Crippen LogP contribution in [0.15, 0.2) is 77.7 Å². The van der Waals surface area contributed by atoms with Gasteiger partial charge in [0.15, 0.2) is 12.4 Å². The van der Waals surface area contributed by atoms with Crippen molar-refractivity contribution in [2.75, 3.05) is 23.5 Å². The summed E-state index contributed by atoms with van der Waals surface area (Å²) in [7, 11) is 0. The van der Waals surface area contributed by atoms with E-state index in [1.54, 1.807) is 73.8 Å². The number of ketones is 1. The van der Waals surface area contributed by atoms with E-state index in [9.17, 15) is 18.8 Å². The second-order valence-corrected chi connectivity index (χ2v) is 12.0. The Morgan fingerprint density at radius 3 is 2.18 bits per heavy atom. The molecule has 0 saturated carbocycles. The Labute approximate surface area is 236 Å². The van der Waals surface area contributed by atoms with E-state index in [1.807, 2.05) is 30.5 Å². The highest BCUT2D eigenvalue weighted by Crippen LogP contribution is 2.45. The molecule has 0 unspecified atom stereocenters. The highest BCUT2D eigenvalue weighted by Gasteiger charge is 2.49. The van der Waals surface area contributed by atoms with Crippen LogP contribution in [0.1, 0.15) is 42.7 Å². The van der Waals surface area contributed by atoms with Gasteiger partial charge in [0.2, 0.25) is 5.91 Å². The number of halogens is 1. The lowest BCUT2D eigenvalue weighted by Crippen LogP contribution is -2.57. The highest BCUT2D eigenvalue weighted by molar-refractivity contribution is 8.01. The summed E-state index contributed by atoms with van der Waals surface area (Å²) in [4.78, 5) is 40.7. The number of benzene rings is 3. The lowest BCUT2D eigenvalue weighted by molar-refractivity contribution is -0.157. The molecule has 2 atom stereocenters. The fourth-order valence-corrected chi connectivity index (χ4v) is 5.76. The third-order valence-corrected chi connectivity index (χ3v) is 7.95. The number of amides is 1. The summed E-state index contributed by atoms with van der Waals surface area (Å²) in [5.41, 5.74) is 1.41. The zero-order valence-corrected chi connectivity index (χ0v) is 23.8. The van der Waals surface area contributed by atoms with Crippen LogP contribution >= 0.6 is 23.5 Å². The highest BCUT2D eigenvalue weighted by atomic mass is 32.2. The second-order valence-electron chi connectivity index (χ2n) is 9.96. The molecule has 1 amide bonds. The van der Waals surface area contributed by atoms with Gasteiger partial charge in [0, 0.05) is 16.1 Å². The molecule has 1 aliphatic heterocycles. The Bertz CT molecular complexity index is 1320. The summed E-state index contributed by atoms with van der Waals surface area (Å²) in [5.74, 6) is -0.420. The van der Waals surface area contributed by atoms with Gasteiger partial charge in [0.1, 0.15) is 22.4 Å². The molecule has 3 aromatic carbocycles. The van der Waals surface area contributed by atoms with E-state index >= 15 is 0 Å². The predicted molar refractivity (Wildman–Crippen MR) is 153 cm³/mol. The molecular weight excluding hydrogens is 537 g/mol. The Hall–Kier alpha value is -3.30. The van der Waals surface area contributed by atoms with Crippen LogP contribution in [0.2, 0.25) is 0 Å². The second kappa shape index (κ2) is 12.3. The summed E-state index contributed by atoms with van der Waals surface area (Å²) in [6.45, 7) is 5.14. The topological polar surface area (TPSA) is 72.9 Å². The van der Waals surface area contributed by atoms with Crippen molar-refractivity contribution in [1.82, 2.24) is 0 Å². The van der Waals surface area contributed by atoms with Crippen molar-refractivity contribution in [3.05, 3.63) is 89.7 Å². The normalized spacial score (nSPS) is 16.9. The number of Topliss-reactive ketones (excluding diaryl/α,β-unsaturated/α-hetero) is 1. The Morgan fingerprint density at radius 1 is 0.949 bits per heavy atom. The molecule has 204 valence electrons. The maximum absolute atomic E-state index is 13.6. The molecule has 6 nitrogen and oxygen atoms in total. The van der Waals surface area contributed by atoms with Crippen LogP contribution in [0.3, 0.4) is 0 Å². The number of carbonyl (C=O) groups excluding carboxylic acids is 3. The third kappa shape index (κ3) is 7.22. The maximum atomic E-state index is 13.6. The van der Waals surface area contributed by atoms with Crippen LogP contribution in [0, 0.1) is 5.82 Å². The van der Waals surface area contributed by atoms with Crippen LogP contribution in [-0.4, -0.2) is 47.1 Å². The Kier molecular flexibility index (Phi) is 9.02. The molecule has 3 aromatic rings. The van der Waals surface area contributed by atoms with E-state index < -0.39 is 22.6 Å². The minimum absolute atomic E-state index is 0.0506. The molecule has 1 fully saturated rings. The summed E-state index contributed by atoms with van der Waals surface area (Å²) in [6.07, 6.45) is 1.97. The van der Waals surface area contributed by atoms with Gasteiger partial charge in [-0.1, -0.05) is 24.3 Å². The molecule has 0 radical (unpaired) electrons. The third-order valence-electron chi connectivity index (χ3n) is 5.95. The number of thioether (sulfide) groups is 2. The smallest absolute Gasteiger partial charge is 0.344 e. The summed E-state index contributed by atoms with van der Waals surface area (Å²) >= 11 is 2.90. The standard InChI is InChI=1S/C30H30FNO5S2/c1-30(2,3)37-26(34)17-36-23-13-5-20(6-14-23)27-28(29(35)32(27)22-11-9-21(31)10-12-22)39-18-25(33)19-7-15-24(38-4)16-8-19/h5-16,27-28H,17-18H2,1-4H3/t27-,28-/m1/s1. The molecule has 0 aliphatic carbocycles. The fourth-order valence-electron chi connectivity index (χ4n) is 4.14. The lowest BCUT2D eigenvalue weighted by Gasteiger charge is -2.47. The monoisotopic (exact) mass is 567 g/mol. The SMILES string of the molecule is CSc1ccc(C(=O)CS[C@H]2C(=O)N(c3ccc(F)cc3)[C@@H]2c2ccc(OCC(=O)OC(C)(C)C)cc2)cc1. The zero-order valence-electron chi connectivity index (χ0n) is 22.2. The van der Waals surface area contributed by atoms with Gasteiger partial charge in [-0.05, 0) is 81.1 Å². The summed E-state index contributed by atoms with van der Waals surface area (Å²) in [5, 5.41) is -0.488. The lowest BCUT2D eigenvalue weighted by atomic mass is 9.92. The quantitative estimate of drug-likeness (QED) is 0.123. The molecule has 4 rings (SSSR count). The number of nitrogens with zero attached hydrogens (tertiary/aromatic N) is 1. The number of hydrogen-bond acceptors (Lipinski definition) is 7. The number of ether oxygens (including phenoxy) is 2.